The summed E-state index contributed by atoms with van der Waals surface area (Å²) >= 11 is 3.40. The van der Waals surface area contributed by atoms with Crippen LogP contribution in [0.25, 0.3) is 0 Å². The van der Waals surface area contributed by atoms with E-state index in [-0.39, 0.29) is 0 Å². The number of nitrogens with zero attached hydrogens (tertiary/aromatic N) is 1. The molecular formula is C18H26BrN. The second kappa shape index (κ2) is 12.9. The van der Waals surface area contributed by atoms with Crippen molar-refractivity contribution in [3.63, 3.8) is 0 Å². The molecule has 0 fully saturated rings. The second-order valence-corrected chi connectivity index (χ2v) is 5.00. The van der Waals surface area contributed by atoms with Gasteiger partial charge in [-0.3, -0.25) is 4.98 Å². The molecule has 0 unspecified atom stereocenters. The van der Waals surface area contributed by atoms with Gasteiger partial charge in [0.25, 0.3) is 0 Å². The van der Waals surface area contributed by atoms with Gasteiger partial charge in [0.1, 0.15) is 0 Å². The summed E-state index contributed by atoms with van der Waals surface area (Å²) in [5, 5.41) is 0. The van der Waals surface area contributed by atoms with Gasteiger partial charge in [0, 0.05) is 16.9 Å². The Labute approximate surface area is 132 Å². The zero-order chi connectivity index (χ0) is 15.2. The molecule has 0 saturated heterocycles. The lowest BCUT2D eigenvalue weighted by atomic mass is 10.1. The van der Waals surface area contributed by atoms with E-state index in [2.05, 4.69) is 59.0 Å². The van der Waals surface area contributed by atoms with Gasteiger partial charge in [0.15, 0.2) is 0 Å². The summed E-state index contributed by atoms with van der Waals surface area (Å²) < 4.78 is 1.16. The Morgan fingerprint density at radius 1 is 0.850 bits per heavy atom. The van der Waals surface area contributed by atoms with Crippen LogP contribution in [0, 0.1) is 0 Å². The summed E-state index contributed by atoms with van der Waals surface area (Å²) in [6.07, 6.45) is 7.15. The highest BCUT2D eigenvalue weighted by atomic mass is 79.9. The highest BCUT2D eigenvalue weighted by molar-refractivity contribution is 9.10. The summed E-state index contributed by atoms with van der Waals surface area (Å²) in [4.78, 5) is 3.89. The van der Waals surface area contributed by atoms with Crippen molar-refractivity contribution < 1.29 is 0 Å². The summed E-state index contributed by atoms with van der Waals surface area (Å²) in [6, 6.07) is 12.6. The maximum atomic E-state index is 3.89. The fourth-order valence-corrected chi connectivity index (χ4v) is 1.82. The van der Waals surface area contributed by atoms with Crippen molar-refractivity contribution in [2.45, 2.75) is 47.0 Å². The van der Waals surface area contributed by atoms with Crippen molar-refractivity contribution in [3.05, 3.63) is 64.4 Å². The minimum atomic E-state index is 1.10. The highest BCUT2D eigenvalue weighted by Crippen LogP contribution is 2.11. The normalized spacial score (nSPS) is 8.85. The van der Waals surface area contributed by atoms with E-state index in [4.69, 9.17) is 0 Å². The largest absolute Gasteiger partial charge is 0.265 e. The number of pyridine rings is 1. The molecule has 2 aromatic rings. The molecule has 2 heteroatoms. The van der Waals surface area contributed by atoms with E-state index in [9.17, 15) is 0 Å². The smallest absolute Gasteiger partial charge is 0.0270 e. The molecule has 1 heterocycles. The van der Waals surface area contributed by atoms with Gasteiger partial charge in [-0.15, -0.1) is 0 Å². The minimum Gasteiger partial charge on any atom is -0.265 e. The molecule has 110 valence electrons. The van der Waals surface area contributed by atoms with Gasteiger partial charge >= 0.3 is 0 Å². The SMILES string of the molecule is CC.CCCc1ccc(Br)cc1.CCc1ccncc1. The molecule has 0 spiro atoms. The standard InChI is InChI=1S/C9H11Br.C7H9N.C2H6/c1-2-3-8-4-6-9(10)7-5-8;1-2-7-3-5-8-6-4-7;1-2/h4-7H,2-3H2,1H3;3-6H,2H2,1H3;1-2H3. The Morgan fingerprint density at radius 3 is 1.80 bits per heavy atom. The zero-order valence-electron chi connectivity index (χ0n) is 13.1. The van der Waals surface area contributed by atoms with Crippen molar-refractivity contribution in [2.75, 3.05) is 0 Å². The number of aryl methyl sites for hydroxylation is 2. The maximum Gasteiger partial charge on any atom is 0.0270 e. The molecule has 0 amide bonds. The molecule has 1 aromatic carbocycles. The molecule has 0 aliphatic carbocycles. The van der Waals surface area contributed by atoms with Crippen LogP contribution in [0.15, 0.2) is 53.3 Å². The quantitative estimate of drug-likeness (QED) is 0.663. The molecule has 0 aliphatic rings. The molecule has 20 heavy (non-hydrogen) atoms. The van der Waals surface area contributed by atoms with E-state index < -0.39 is 0 Å². The van der Waals surface area contributed by atoms with Gasteiger partial charge < -0.3 is 0 Å². The monoisotopic (exact) mass is 335 g/mol. The first-order chi connectivity index (χ1) is 9.76. The summed E-state index contributed by atoms with van der Waals surface area (Å²) in [7, 11) is 0. The van der Waals surface area contributed by atoms with Gasteiger partial charge in [-0.2, -0.15) is 0 Å². The van der Waals surface area contributed by atoms with Crippen LogP contribution >= 0.6 is 15.9 Å². The second-order valence-electron chi connectivity index (χ2n) is 4.09. The minimum absolute atomic E-state index is 1.10. The van der Waals surface area contributed by atoms with Crippen LogP contribution in [0.4, 0.5) is 0 Å². The van der Waals surface area contributed by atoms with Crippen LogP contribution in [0.2, 0.25) is 0 Å². The van der Waals surface area contributed by atoms with Gasteiger partial charge in [-0.1, -0.05) is 62.2 Å². The van der Waals surface area contributed by atoms with E-state index in [1.807, 2.05) is 38.4 Å². The van der Waals surface area contributed by atoms with Crippen LogP contribution in [0.1, 0.15) is 45.2 Å². The van der Waals surface area contributed by atoms with Crippen molar-refractivity contribution in [1.29, 1.82) is 0 Å². The molecule has 0 radical (unpaired) electrons. The van der Waals surface area contributed by atoms with Crippen LogP contribution in [-0.4, -0.2) is 4.98 Å². The number of hydrogen-bond donors (Lipinski definition) is 0. The van der Waals surface area contributed by atoms with E-state index in [1.165, 1.54) is 24.0 Å². The molecule has 0 aliphatic heterocycles. The Morgan fingerprint density at radius 2 is 1.40 bits per heavy atom. The van der Waals surface area contributed by atoms with Gasteiger partial charge in [-0.25, -0.2) is 0 Å². The van der Waals surface area contributed by atoms with Crippen molar-refractivity contribution in [1.82, 2.24) is 4.98 Å². The summed E-state index contributed by atoms with van der Waals surface area (Å²) in [5.74, 6) is 0. The molecule has 0 bridgehead atoms. The van der Waals surface area contributed by atoms with E-state index >= 15 is 0 Å². The van der Waals surface area contributed by atoms with Crippen LogP contribution in [0.3, 0.4) is 0 Å². The van der Waals surface area contributed by atoms with Crippen molar-refractivity contribution in [3.8, 4) is 0 Å². The third-order valence-corrected chi connectivity index (χ3v) is 3.14. The van der Waals surface area contributed by atoms with Crippen molar-refractivity contribution in [2.24, 2.45) is 0 Å². The third kappa shape index (κ3) is 8.87. The van der Waals surface area contributed by atoms with Crippen LogP contribution in [-0.2, 0) is 12.8 Å². The predicted octanol–water partition coefficient (Wildman–Crippen LogP) is 6.07. The van der Waals surface area contributed by atoms with Crippen LogP contribution < -0.4 is 0 Å². The first-order valence-corrected chi connectivity index (χ1v) is 8.19. The lowest BCUT2D eigenvalue weighted by Gasteiger charge is -1.96. The van der Waals surface area contributed by atoms with E-state index in [0.717, 1.165) is 10.9 Å². The first kappa shape index (κ1) is 18.9. The fourth-order valence-electron chi connectivity index (χ4n) is 1.56. The predicted molar refractivity (Wildman–Crippen MR) is 93.1 cm³/mol. The molecular weight excluding hydrogens is 310 g/mol. The van der Waals surface area contributed by atoms with E-state index in [1.54, 1.807) is 0 Å². The summed E-state index contributed by atoms with van der Waals surface area (Å²) in [6.45, 7) is 8.33. The summed E-state index contributed by atoms with van der Waals surface area (Å²) in [5.41, 5.74) is 2.77. The number of halogens is 1. The first-order valence-electron chi connectivity index (χ1n) is 7.39. The lowest BCUT2D eigenvalue weighted by molar-refractivity contribution is 0.921. The van der Waals surface area contributed by atoms with E-state index in [0.29, 0.717) is 0 Å². The highest BCUT2D eigenvalue weighted by Gasteiger charge is 1.88. The van der Waals surface area contributed by atoms with Gasteiger partial charge in [0.05, 0.1) is 0 Å². The Bertz CT molecular complexity index is 423. The molecule has 1 nitrogen and oxygen atoms in total. The van der Waals surface area contributed by atoms with Gasteiger partial charge in [-0.05, 0) is 48.2 Å². The third-order valence-electron chi connectivity index (χ3n) is 2.61. The number of aromatic nitrogens is 1. The fraction of sp³-hybridized carbons (Fsp3) is 0.389. The number of rotatable bonds is 3. The Hall–Kier alpha value is -1.15. The zero-order valence-corrected chi connectivity index (χ0v) is 14.7. The molecule has 2 rings (SSSR count). The molecule has 0 saturated carbocycles. The average Bonchev–Trinajstić information content (AvgIpc) is 2.53. The maximum absolute atomic E-state index is 3.89. The molecule has 0 N–H and O–H groups in total. The van der Waals surface area contributed by atoms with Crippen LogP contribution in [0.5, 0.6) is 0 Å². The Kier molecular flexibility index (Phi) is 12.1. The average molecular weight is 336 g/mol. The number of hydrogen-bond acceptors (Lipinski definition) is 1. The van der Waals surface area contributed by atoms with Gasteiger partial charge in [0.2, 0.25) is 0 Å². The topological polar surface area (TPSA) is 12.9 Å². The van der Waals surface area contributed by atoms with Crippen molar-refractivity contribution >= 4 is 15.9 Å². The number of benzene rings is 1. The lowest BCUT2D eigenvalue weighted by Crippen LogP contribution is -1.80. The Balaban J connectivity index is 0.000000327. The molecule has 1 aromatic heterocycles. The molecule has 0 atom stereocenters.